The van der Waals surface area contributed by atoms with Crippen molar-refractivity contribution >= 4 is 22.4 Å². The Bertz CT molecular complexity index is 1100. The van der Waals surface area contributed by atoms with Crippen LogP contribution >= 0.6 is 11.3 Å². The van der Waals surface area contributed by atoms with Crippen molar-refractivity contribution in [3.63, 3.8) is 0 Å². The molecule has 1 atom stereocenters. The third-order valence-corrected chi connectivity index (χ3v) is 5.15. The molecule has 1 aromatic carbocycles. The monoisotopic (exact) mass is 417 g/mol. The van der Waals surface area contributed by atoms with E-state index in [1.54, 1.807) is 24.5 Å². The van der Waals surface area contributed by atoms with Crippen LogP contribution in [0.5, 0.6) is 5.88 Å². The van der Waals surface area contributed by atoms with Crippen LogP contribution in [0.25, 0.3) is 10.6 Å². The summed E-state index contributed by atoms with van der Waals surface area (Å²) in [5.41, 5.74) is 2.51. The van der Waals surface area contributed by atoms with Gasteiger partial charge in [-0.3, -0.25) is 15.1 Å². The van der Waals surface area contributed by atoms with E-state index in [-0.39, 0.29) is 12.0 Å². The molecule has 3 heterocycles. The number of ether oxygens (including phenoxy) is 1. The minimum atomic E-state index is -0.302. The highest BCUT2D eigenvalue weighted by atomic mass is 32.1. The predicted octanol–water partition coefficient (Wildman–Crippen LogP) is 4.26. The molecule has 0 aliphatic rings. The molecule has 7 nitrogen and oxygen atoms in total. The molecule has 1 amide bonds. The van der Waals surface area contributed by atoms with Crippen LogP contribution in [0, 0.1) is 0 Å². The average Bonchev–Trinajstić information content (AvgIpc) is 3.24. The molecule has 0 aliphatic carbocycles. The molecule has 150 valence electrons. The Morgan fingerprint density at radius 2 is 1.87 bits per heavy atom. The summed E-state index contributed by atoms with van der Waals surface area (Å²) >= 11 is 1.29. The number of anilines is 1. The molecule has 4 rings (SSSR count). The third-order valence-electron chi connectivity index (χ3n) is 4.26. The SMILES string of the molecule is C[C@@H](Cc1ccccc1)Oc1ccc(C(=O)Nc2nnc(-c3ccncc3)s2)cn1. The van der Waals surface area contributed by atoms with Crippen LogP contribution in [0.4, 0.5) is 5.13 Å². The molecule has 0 radical (unpaired) electrons. The van der Waals surface area contributed by atoms with E-state index in [4.69, 9.17) is 4.74 Å². The number of carbonyl (C=O) groups is 1. The van der Waals surface area contributed by atoms with Gasteiger partial charge in [-0.1, -0.05) is 41.7 Å². The summed E-state index contributed by atoms with van der Waals surface area (Å²) in [6.07, 6.45) is 5.61. The molecule has 0 bridgehead atoms. The first-order valence-corrected chi connectivity index (χ1v) is 10.2. The van der Waals surface area contributed by atoms with Crippen molar-refractivity contribution in [3.05, 3.63) is 84.3 Å². The van der Waals surface area contributed by atoms with Crippen LogP contribution in [0.2, 0.25) is 0 Å². The van der Waals surface area contributed by atoms with Gasteiger partial charge in [0.05, 0.1) is 5.56 Å². The van der Waals surface area contributed by atoms with E-state index in [0.717, 1.165) is 12.0 Å². The first kappa shape index (κ1) is 19.7. The Hall–Kier alpha value is -3.65. The fraction of sp³-hybridized carbons (Fsp3) is 0.136. The summed E-state index contributed by atoms with van der Waals surface area (Å²) in [4.78, 5) is 20.7. The number of nitrogens with zero attached hydrogens (tertiary/aromatic N) is 4. The lowest BCUT2D eigenvalue weighted by Gasteiger charge is -2.14. The van der Waals surface area contributed by atoms with E-state index >= 15 is 0 Å². The summed E-state index contributed by atoms with van der Waals surface area (Å²) in [7, 11) is 0. The second-order valence-corrected chi connectivity index (χ2v) is 7.58. The van der Waals surface area contributed by atoms with Crippen LogP contribution in [-0.4, -0.2) is 32.2 Å². The highest BCUT2D eigenvalue weighted by Crippen LogP contribution is 2.26. The van der Waals surface area contributed by atoms with E-state index in [1.165, 1.54) is 23.1 Å². The number of aromatic nitrogens is 4. The van der Waals surface area contributed by atoms with Gasteiger partial charge in [0.15, 0.2) is 0 Å². The van der Waals surface area contributed by atoms with Crippen molar-refractivity contribution in [2.24, 2.45) is 0 Å². The molecule has 0 unspecified atom stereocenters. The van der Waals surface area contributed by atoms with Crippen LogP contribution in [0.3, 0.4) is 0 Å². The Morgan fingerprint density at radius 1 is 1.07 bits per heavy atom. The van der Waals surface area contributed by atoms with Crippen LogP contribution in [0.1, 0.15) is 22.8 Å². The van der Waals surface area contributed by atoms with Gasteiger partial charge in [0.25, 0.3) is 5.91 Å². The zero-order chi connectivity index (χ0) is 20.8. The first-order chi connectivity index (χ1) is 14.7. The average molecular weight is 417 g/mol. The molecule has 0 fully saturated rings. The van der Waals surface area contributed by atoms with Gasteiger partial charge in [-0.15, -0.1) is 10.2 Å². The molecule has 0 aliphatic heterocycles. The zero-order valence-corrected chi connectivity index (χ0v) is 17.0. The zero-order valence-electron chi connectivity index (χ0n) is 16.2. The first-order valence-electron chi connectivity index (χ1n) is 9.39. The van der Waals surface area contributed by atoms with Gasteiger partial charge in [-0.25, -0.2) is 4.98 Å². The van der Waals surface area contributed by atoms with E-state index in [1.807, 2.05) is 37.3 Å². The second-order valence-electron chi connectivity index (χ2n) is 6.61. The Morgan fingerprint density at radius 3 is 2.60 bits per heavy atom. The fourth-order valence-electron chi connectivity index (χ4n) is 2.83. The number of pyridine rings is 2. The van der Waals surface area contributed by atoms with Crippen LogP contribution < -0.4 is 10.1 Å². The van der Waals surface area contributed by atoms with Gasteiger partial charge in [-0.05, 0) is 30.7 Å². The van der Waals surface area contributed by atoms with Gasteiger partial charge in [0.2, 0.25) is 11.0 Å². The van der Waals surface area contributed by atoms with Gasteiger partial charge < -0.3 is 4.74 Å². The number of hydrogen-bond acceptors (Lipinski definition) is 7. The summed E-state index contributed by atoms with van der Waals surface area (Å²) in [5, 5.41) is 12.0. The van der Waals surface area contributed by atoms with E-state index in [9.17, 15) is 4.79 Å². The van der Waals surface area contributed by atoms with Gasteiger partial charge >= 0.3 is 0 Å². The summed E-state index contributed by atoms with van der Waals surface area (Å²) < 4.78 is 5.86. The molecular formula is C22H19N5O2S. The Balaban J connectivity index is 1.34. The predicted molar refractivity (Wildman–Crippen MR) is 116 cm³/mol. The molecule has 30 heavy (non-hydrogen) atoms. The van der Waals surface area contributed by atoms with Crippen molar-refractivity contribution in [2.45, 2.75) is 19.4 Å². The van der Waals surface area contributed by atoms with Gasteiger partial charge in [0.1, 0.15) is 11.1 Å². The molecule has 0 spiro atoms. The van der Waals surface area contributed by atoms with Gasteiger partial charge in [0, 0.05) is 36.6 Å². The van der Waals surface area contributed by atoms with Crippen molar-refractivity contribution in [2.75, 3.05) is 5.32 Å². The Kier molecular flexibility index (Phi) is 6.05. The molecule has 8 heteroatoms. The smallest absolute Gasteiger partial charge is 0.259 e. The minimum absolute atomic E-state index is 0.0347. The molecule has 3 aromatic heterocycles. The lowest BCUT2D eigenvalue weighted by atomic mass is 10.1. The standard InChI is InChI=1S/C22H19N5O2S/c1-15(13-16-5-3-2-4-6-16)29-19-8-7-18(14-24-19)20(28)25-22-27-26-21(30-22)17-9-11-23-12-10-17/h2-12,14-15H,13H2,1H3,(H,25,27,28)/t15-/m0/s1. The van der Waals surface area contributed by atoms with Crippen LogP contribution in [-0.2, 0) is 6.42 Å². The number of carbonyl (C=O) groups excluding carboxylic acids is 1. The van der Waals surface area contributed by atoms with Crippen molar-refractivity contribution in [1.29, 1.82) is 0 Å². The molecule has 0 saturated heterocycles. The van der Waals surface area contributed by atoms with Crippen molar-refractivity contribution in [3.8, 4) is 16.5 Å². The number of nitrogens with one attached hydrogen (secondary N) is 1. The number of benzene rings is 1. The summed E-state index contributed by atoms with van der Waals surface area (Å²) in [6.45, 7) is 1.99. The highest BCUT2D eigenvalue weighted by molar-refractivity contribution is 7.18. The maximum atomic E-state index is 12.5. The quantitative estimate of drug-likeness (QED) is 0.483. The molecular weight excluding hydrogens is 398 g/mol. The summed E-state index contributed by atoms with van der Waals surface area (Å²) in [5.74, 6) is 0.176. The lowest BCUT2D eigenvalue weighted by Crippen LogP contribution is -2.16. The van der Waals surface area contributed by atoms with Crippen molar-refractivity contribution in [1.82, 2.24) is 20.2 Å². The van der Waals surface area contributed by atoms with Crippen LogP contribution in [0.15, 0.2) is 73.2 Å². The topological polar surface area (TPSA) is 89.9 Å². The maximum absolute atomic E-state index is 12.5. The minimum Gasteiger partial charge on any atom is -0.474 e. The number of rotatable bonds is 7. The normalized spacial score (nSPS) is 11.6. The maximum Gasteiger partial charge on any atom is 0.259 e. The van der Waals surface area contributed by atoms with Crippen molar-refractivity contribution < 1.29 is 9.53 Å². The Labute approximate surface area is 177 Å². The van der Waals surface area contributed by atoms with E-state index in [0.29, 0.717) is 21.6 Å². The molecule has 0 saturated carbocycles. The number of hydrogen-bond donors (Lipinski definition) is 1. The fourth-order valence-corrected chi connectivity index (χ4v) is 3.58. The number of amides is 1. The van der Waals surface area contributed by atoms with E-state index < -0.39 is 0 Å². The molecule has 4 aromatic rings. The molecule has 1 N–H and O–H groups in total. The summed E-state index contributed by atoms with van der Waals surface area (Å²) in [6, 6.07) is 17.2. The van der Waals surface area contributed by atoms with Gasteiger partial charge in [-0.2, -0.15) is 0 Å². The highest BCUT2D eigenvalue weighted by Gasteiger charge is 2.13. The second kappa shape index (κ2) is 9.23. The third kappa shape index (κ3) is 5.03. The van der Waals surface area contributed by atoms with E-state index in [2.05, 4.69) is 37.6 Å². The lowest BCUT2D eigenvalue weighted by molar-refractivity contribution is 0.102. The largest absolute Gasteiger partial charge is 0.474 e.